The van der Waals surface area contributed by atoms with Crippen molar-refractivity contribution in [2.45, 2.75) is 105 Å². The second-order valence-electron chi connectivity index (χ2n) is 11.7. The van der Waals surface area contributed by atoms with E-state index >= 15 is 0 Å². The van der Waals surface area contributed by atoms with E-state index in [-0.39, 0.29) is 23.2 Å². The average Bonchev–Trinajstić information content (AvgIpc) is 2.99. The van der Waals surface area contributed by atoms with Gasteiger partial charge in [-0.3, -0.25) is 9.59 Å². The maximum absolute atomic E-state index is 12.9. The lowest BCUT2D eigenvalue weighted by Crippen LogP contribution is -2.52. The number of carbonyl (C=O) groups is 2. The first-order chi connectivity index (χ1) is 13.6. The van der Waals surface area contributed by atoms with Crippen molar-refractivity contribution in [3.63, 3.8) is 0 Å². The lowest BCUT2D eigenvalue weighted by atomic mass is 9.50. The van der Waals surface area contributed by atoms with Crippen LogP contribution in [0.4, 0.5) is 0 Å². The van der Waals surface area contributed by atoms with E-state index in [1.54, 1.807) is 0 Å². The molecule has 3 aliphatic rings. The highest BCUT2D eigenvalue weighted by Gasteiger charge is 2.60. The van der Waals surface area contributed by atoms with E-state index in [0.29, 0.717) is 24.0 Å². The van der Waals surface area contributed by atoms with Gasteiger partial charge in [-0.25, -0.2) is 0 Å². The lowest BCUT2D eigenvalue weighted by molar-refractivity contribution is -0.161. The Labute approximate surface area is 178 Å². The van der Waals surface area contributed by atoms with Crippen LogP contribution in [0.1, 0.15) is 105 Å². The molecular weight excluding hydrogens is 360 g/mol. The molecule has 0 spiro atoms. The van der Waals surface area contributed by atoms with E-state index in [2.05, 4.69) is 34.6 Å². The first-order valence-corrected chi connectivity index (χ1v) is 12.4. The monoisotopic (exact) mass is 404 g/mol. The van der Waals surface area contributed by atoms with Crippen LogP contribution in [0.5, 0.6) is 0 Å². The van der Waals surface area contributed by atoms with Gasteiger partial charge in [0.25, 0.3) is 0 Å². The van der Waals surface area contributed by atoms with E-state index in [0.717, 1.165) is 44.4 Å². The van der Waals surface area contributed by atoms with Crippen LogP contribution in [0.3, 0.4) is 0 Å². The maximum atomic E-state index is 12.9. The number of ketones is 1. The summed E-state index contributed by atoms with van der Waals surface area (Å²) >= 11 is 0. The number of aliphatic carboxylic acids is 1. The minimum atomic E-state index is -0.640. The van der Waals surface area contributed by atoms with E-state index < -0.39 is 11.4 Å². The maximum Gasteiger partial charge on any atom is 0.307 e. The molecule has 0 aromatic heterocycles. The molecule has 3 saturated carbocycles. The molecule has 166 valence electrons. The third-order valence-electron chi connectivity index (χ3n) is 9.56. The third-order valence-corrected chi connectivity index (χ3v) is 9.56. The van der Waals surface area contributed by atoms with Gasteiger partial charge >= 0.3 is 5.97 Å². The number of hydrogen-bond donors (Lipinski definition) is 1. The van der Waals surface area contributed by atoms with Crippen LogP contribution in [-0.4, -0.2) is 16.9 Å². The Balaban J connectivity index is 1.79. The summed E-state index contributed by atoms with van der Waals surface area (Å²) in [4.78, 5) is 25.5. The number of Topliss-reactive ketones (excluding diaryl/α,β-unsaturated/α-hetero) is 1. The van der Waals surface area contributed by atoms with Gasteiger partial charge < -0.3 is 5.11 Å². The first-order valence-electron chi connectivity index (χ1n) is 12.4. The molecule has 3 heteroatoms. The van der Waals surface area contributed by atoms with Crippen molar-refractivity contribution in [2.75, 3.05) is 0 Å². The van der Waals surface area contributed by atoms with Gasteiger partial charge in [-0.1, -0.05) is 60.3 Å². The highest BCUT2D eigenvalue weighted by Crippen LogP contribution is 2.64. The number of rotatable bonds is 7. The molecule has 29 heavy (non-hydrogen) atoms. The molecule has 0 aromatic rings. The Morgan fingerprint density at radius 3 is 2.38 bits per heavy atom. The van der Waals surface area contributed by atoms with Crippen LogP contribution in [0.15, 0.2) is 0 Å². The predicted molar refractivity (Wildman–Crippen MR) is 118 cm³/mol. The van der Waals surface area contributed by atoms with Crippen molar-refractivity contribution >= 4 is 11.8 Å². The number of carboxylic acid groups (broad SMARTS) is 1. The number of hydrogen-bond acceptors (Lipinski definition) is 2. The summed E-state index contributed by atoms with van der Waals surface area (Å²) in [6.07, 6.45) is 11.7. The summed E-state index contributed by atoms with van der Waals surface area (Å²) in [5.41, 5.74) is -0.283. The summed E-state index contributed by atoms with van der Waals surface area (Å²) in [6.45, 7) is 11.5. The molecule has 1 N–H and O–H groups in total. The zero-order chi connectivity index (χ0) is 21.4. The Morgan fingerprint density at radius 2 is 1.76 bits per heavy atom. The second-order valence-corrected chi connectivity index (χ2v) is 11.7. The van der Waals surface area contributed by atoms with Crippen LogP contribution >= 0.6 is 0 Å². The fourth-order valence-corrected chi connectivity index (χ4v) is 7.82. The zero-order valence-electron chi connectivity index (χ0n) is 19.5. The minimum Gasteiger partial charge on any atom is -0.481 e. The van der Waals surface area contributed by atoms with E-state index in [1.165, 1.54) is 25.7 Å². The summed E-state index contributed by atoms with van der Waals surface area (Å²) in [6, 6.07) is 0. The molecular formula is C26H44O3. The van der Waals surface area contributed by atoms with Gasteiger partial charge in [0.2, 0.25) is 0 Å². The number of carbonyl (C=O) groups excluding carboxylic acids is 1. The van der Waals surface area contributed by atoms with Gasteiger partial charge in [0.15, 0.2) is 0 Å². The van der Waals surface area contributed by atoms with Crippen molar-refractivity contribution < 1.29 is 14.7 Å². The van der Waals surface area contributed by atoms with Gasteiger partial charge in [-0.2, -0.15) is 0 Å². The predicted octanol–water partition coefficient (Wildman–Crippen LogP) is 6.74. The topological polar surface area (TPSA) is 54.4 Å². The number of carboxylic acids is 1. The highest BCUT2D eigenvalue weighted by molar-refractivity contribution is 5.86. The van der Waals surface area contributed by atoms with Crippen LogP contribution in [0.2, 0.25) is 0 Å². The van der Waals surface area contributed by atoms with Crippen LogP contribution in [0.25, 0.3) is 0 Å². The molecule has 0 amide bonds. The molecule has 0 bridgehead atoms. The lowest BCUT2D eigenvalue weighted by Gasteiger charge is -2.53. The van der Waals surface area contributed by atoms with Gasteiger partial charge in [0.05, 0.1) is 5.92 Å². The summed E-state index contributed by atoms with van der Waals surface area (Å²) in [5.74, 6) is 1.69. The fourth-order valence-electron chi connectivity index (χ4n) is 7.82. The Kier molecular flexibility index (Phi) is 6.85. The smallest absolute Gasteiger partial charge is 0.307 e. The van der Waals surface area contributed by atoms with Crippen LogP contribution in [-0.2, 0) is 9.59 Å². The third kappa shape index (κ3) is 4.17. The molecule has 5 unspecified atom stereocenters. The SMILES string of the molecule is CC(C)CCCC(C)C1CCC2C(C(=O)O)C([C@]3(C)CCCCC3=O)CC[C@@]12C. The Morgan fingerprint density at radius 1 is 1.03 bits per heavy atom. The van der Waals surface area contributed by atoms with E-state index in [1.807, 2.05) is 0 Å². The standard InChI is InChI=1S/C26H44O3/c1-17(2)9-8-10-18(3)19-12-13-20-23(24(28)29)21(14-16-25(19,20)4)26(5)15-7-6-11-22(26)27/h17-21,23H,6-16H2,1-5H3,(H,28,29)/t18?,19?,20?,21?,23?,25-,26-/m0/s1. The number of fused-ring (bicyclic) bond motifs is 1. The van der Waals surface area contributed by atoms with Gasteiger partial charge in [0, 0.05) is 11.8 Å². The molecule has 3 rings (SSSR count). The first kappa shape index (κ1) is 22.8. The van der Waals surface area contributed by atoms with E-state index in [9.17, 15) is 14.7 Å². The van der Waals surface area contributed by atoms with Crippen molar-refractivity contribution in [1.82, 2.24) is 0 Å². The van der Waals surface area contributed by atoms with Crippen LogP contribution in [0, 0.1) is 46.3 Å². The largest absolute Gasteiger partial charge is 0.481 e. The molecule has 0 heterocycles. The normalized spacial score (nSPS) is 41.4. The highest BCUT2D eigenvalue weighted by atomic mass is 16.4. The Hall–Kier alpha value is -0.860. The van der Waals surface area contributed by atoms with Crippen molar-refractivity contribution in [2.24, 2.45) is 46.3 Å². The van der Waals surface area contributed by atoms with Crippen molar-refractivity contribution in [1.29, 1.82) is 0 Å². The van der Waals surface area contributed by atoms with Crippen molar-refractivity contribution in [3.8, 4) is 0 Å². The summed E-state index contributed by atoms with van der Waals surface area (Å²) in [7, 11) is 0. The van der Waals surface area contributed by atoms with Gasteiger partial charge in [-0.15, -0.1) is 0 Å². The fraction of sp³-hybridized carbons (Fsp3) is 0.923. The molecule has 3 aliphatic carbocycles. The van der Waals surface area contributed by atoms with Crippen molar-refractivity contribution in [3.05, 3.63) is 0 Å². The average molecular weight is 405 g/mol. The van der Waals surface area contributed by atoms with Gasteiger partial charge in [-0.05, 0) is 73.5 Å². The van der Waals surface area contributed by atoms with E-state index in [4.69, 9.17) is 0 Å². The Bertz CT molecular complexity index is 611. The molecule has 0 aliphatic heterocycles. The van der Waals surface area contributed by atoms with Crippen LogP contribution < -0.4 is 0 Å². The quantitative estimate of drug-likeness (QED) is 0.511. The minimum absolute atomic E-state index is 0.0286. The molecule has 3 fully saturated rings. The summed E-state index contributed by atoms with van der Waals surface area (Å²) < 4.78 is 0. The molecule has 0 saturated heterocycles. The molecule has 7 atom stereocenters. The summed E-state index contributed by atoms with van der Waals surface area (Å²) in [5, 5.41) is 10.3. The zero-order valence-corrected chi connectivity index (χ0v) is 19.5. The van der Waals surface area contributed by atoms with Gasteiger partial charge in [0.1, 0.15) is 5.78 Å². The molecule has 0 radical (unpaired) electrons. The molecule has 3 nitrogen and oxygen atoms in total. The second kappa shape index (κ2) is 8.71. The molecule has 0 aromatic carbocycles.